The third kappa shape index (κ3) is 3.82. The molecule has 0 aliphatic heterocycles. The number of nitro benzene ring substituents is 1. The molecular formula is C16H14FNO5. The number of halogens is 1. The van der Waals surface area contributed by atoms with E-state index in [1.807, 2.05) is 0 Å². The number of ketones is 1. The lowest BCUT2D eigenvalue weighted by Crippen LogP contribution is -2.13. The standard InChI is InChI=1S/C16H14FNO5/c1-10-7-12(4-5-14(10)18(20)21)23-9-15(19)13-8-11(17)3-6-16(13)22-2/h3-8H,9H2,1-2H3. The van der Waals surface area contributed by atoms with E-state index in [2.05, 4.69) is 0 Å². The third-order valence-electron chi connectivity index (χ3n) is 3.20. The fourth-order valence-corrected chi connectivity index (χ4v) is 2.05. The van der Waals surface area contributed by atoms with Gasteiger partial charge in [0.25, 0.3) is 5.69 Å². The molecule has 0 saturated heterocycles. The van der Waals surface area contributed by atoms with Crippen LogP contribution in [0.5, 0.6) is 11.5 Å². The van der Waals surface area contributed by atoms with Gasteiger partial charge in [-0.1, -0.05) is 0 Å². The lowest BCUT2D eigenvalue weighted by Gasteiger charge is -2.09. The first-order valence-electron chi connectivity index (χ1n) is 6.67. The zero-order valence-electron chi connectivity index (χ0n) is 12.5. The summed E-state index contributed by atoms with van der Waals surface area (Å²) < 4.78 is 23.6. The SMILES string of the molecule is COc1ccc(F)cc1C(=O)COc1ccc([N+](=O)[O-])c(C)c1. The van der Waals surface area contributed by atoms with E-state index < -0.39 is 16.5 Å². The first-order valence-corrected chi connectivity index (χ1v) is 6.67. The number of ether oxygens (including phenoxy) is 2. The molecule has 0 unspecified atom stereocenters. The lowest BCUT2D eigenvalue weighted by molar-refractivity contribution is -0.385. The molecule has 23 heavy (non-hydrogen) atoms. The molecule has 0 radical (unpaired) electrons. The first-order chi connectivity index (χ1) is 10.9. The molecule has 2 aromatic rings. The molecule has 0 heterocycles. The Morgan fingerprint density at radius 2 is 2.00 bits per heavy atom. The Hall–Kier alpha value is -2.96. The highest BCUT2D eigenvalue weighted by Gasteiger charge is 2.15. The van der Waals surface area contributed by atoms with Gasteiger partial charge in [-0.3, -0.25) is 14.9 Å². The van der Waals surface area contributed by atoms with Crippen LogP contribution in [0.1, 0.15) is 15.9 Å². The number of rotatable bonds is 6. The van der Waals surface area contributed by atoms with Gasteiger partial charge in [-0.25, -0.2) is 4.39 Å². The average Bonchev–Trinajstić information content (AvgIpc) is 2.52. The van der Waals surface area contributed by atoms with Crippen LogP contribution >= 0.6 is 0 Å². The van der Waals surface area contributed by atoms with E-state index in [9.17, 15) is 19.3 Å². The minimum Gasteiger partial charge on any atom is -0.496 e. The maximum atomic E-state index is 13.3. The predicted molar refractivity (Wildman–Crippen MR) is 80.6 cm³/mol. The van der Waals surface area contributed by atoms with Gasteiger partial charge < -0.3 is 9.47 Å². The van der Waals surface area contributed by atoms with Crippen LogP contribution in [0, 0.1) is 22.9 Å². The topological polar surface area (TPSA) is 78.7 Å². The second-order valence-electron chi connectivity index (χ2n) is 4.76. The van der Waals surface area contributed by atoms with Gasteiger partial charge in [-0.15, -0.1) is 0 Å². The molecule has 120 valence electrons. The van der Waals surface area contributed by atoms with E-state index in [1.54, 1.807) is 6.92 Å². The van der Waals surface area contributed by atoms with E-state index in [-0.39, 0.29) is 23.6 Å². The number of benzene rings is 2. The summed E-state index contributed by atoms with van der Waals surface area (Å²) in [5, 5.41) is 10.7. The quantitative estimate of drug-likeness (QED) is 0.463. The first kappa shape index (κ1) is 16.4. The van der Waals surface area contributed by atoms with E-state index in [0.29, 0.717) is 11.3 Å². The fraction of sp³-hybridized carbons (Fsp3) is 0.188. The highest BCUT2D eigenvalue weighted by Crippen LogP contribution is 2.24. The monoisotopic (exact) mass is 319 g/mol. The van der Waals surface area contributed by atoms with Crippen LogP contribution in [0.2, 0.25) is 0 Å². The Balaban J connectivity index is 2.12. The largest absolute Gasteiger partial charge is 0.496 e. The van der Waals surface area contributed by atoms with Crippen molar-refractivity contribution in [2.24, 2.45) is 0 Å². The molecule has 0 aliphatic carbocycles. The van der Waals surface area contributed by atoms with Crippen molar-refractivity contribution in [3.05, 3.63) is 63.5 Å². The number of Topliss-reactive ketones (excluding diaryl/α,β-unsaturated/α-hetero) is 1. The minimum atomic E-state index is -0.555. The summed E-state index contributed by atoms with van der Waals surface area (Å²) in [4.78, 5) is 22.4. The zero-order chi connectivity index (χ0) is 17.0. The van der Waals surface area contributed by atoms with Crippen LogP contribution in [0.15, 0.2) is 36.4 Å². The Morgan fingerprint density at radius 3 is 2.61 bits per heavy atom. The van der Waals surface area contributed by atoms with E-state index in [4.69, 9.17) is 9.47 Å². The summed E-state index contributed by atoms with van der Waals surface area (Å²) in [6.07, 6.45) is 0. The normalized spacial score (nSPS) is 10.2. The van der Waals surface area contributed by atoms with Crippen molar-refractivity contribution in [1.82, 2.24) is 0 Å². The maximum Gasteiger partial charge on any atom is 0.272 e. The van der Waals surface area contributed by atoms with E-state index >= 15 is 0 Å². The van der Waals surface area contributed by atoms with E-state index in [1.165, 1.54) is 37.4 Å². The van der Waals surface area contributed by atoms with Crippen molar-refractivity contribution >= 4 is 11.5 Å². The van der Waals surface area contributed by atoms with Crippen LogP contribution in [-0.4, -0.2) is 24.4 Å². The van der Waals surface area contributed by atoms with Gasteiger partial charge >= 0.3 is 0 Å². The van der Waals surface area contributed by atoms with Gasteiger partial charge in [0.15, 0.2) is 6.61 Å². The number of nitrogens with zero attached hydrogens (tertiary/aromatic N) is 1. The number of nitro groups is 1. The van der Waals surface area contributed by atoms with Crippen molar-refractivity contribution in [3.63, 3.8) is 0 Å². The lowest BCUT2D eigenvalue weighted by atomic mass is 10.1. The van der Waals surface area contributed by atoms with Crippen molar-refractivity contribution in [2.45, 2.75) is 6.92 Å². The van der Waals surface area contributed by atoms with Gasteiger partial charge in [-0.05, 0) is 37.3 Å². The molecule has 6 nitrogen and oxygen atoms in total. The number of hydrogen-bond donors (Lipinski definition) is 0. The molecule has 7 heteroatoms. The van der Waals surface area contributed by atoms with Gasteiger partial charge in [0, 0.05) is 11.6 Å². The van der Waals surface area contributed by atoms with E-state index in [0.717, 1.165) is 6.07 Å². The Bertz CT molecular complexity index is 760. The molecule has 0 fully saturated rings. The number of methoxy groups -OCH3 is 1. The van der Waals surface area contributed by atoms with Crippen molar-refractivity contribution in [3.8, 4) is 11.5 Å². The smallest absolute Gasteiger partial charge is 0.272 e. The summed E-state index contributed by atoms with van der Waals surface area (Å²) in [5.41, 5.74) is 0.463. The summed E-state index contributed by atoms with van der Waals surface area (Å²) in [5.74, 6) is -0.450. The summed E-state index contributed by atoms with van der Waals surface area (Å²) in [6, 6.07) is 7.80. The van der Waals surface area contributed by atoms with Gasteiger partial charge in [0.1, 0.15) is 17.3 Å². The van der Waals surface area contributed by atoms with Crippen molar-refractivity contribution in [1.29, 1.82) is 0 Å². The van der Waals surface area contributed by atoms with Crippen LogP contribution in [0.3, 0.4) is 0 Å². The van der Waals surface area contributed by atoms with Crippen LogP contribution < -0.4 is 9.47 Å². The Morgan fingerprint density at radius 1 is 1.26 bits per heavy atom. The fourth-order valence-electron chi connectivity index (χ4n) is 2.05. The molecule has 2 rings (SSSR count). The summed E-state index contributed by atoms with van der Waals surface area (Å²) in [7, 11) is 1.38. The predicted octanol–water partition coefficient (Wildman–Crippen LogP) is 3.31. The number of carbonyl (C=O) groups excluding carboxylic acids is 1. The summed E-state index contributed by atoms with van der Waals surface area (Å²) in [6.45, 7) is 1.24. The second-order valence-corrected chi connectivity index (χ2v) is 4.76. The molecule has 0 saturated carbocycles. The molecule has 0 bridgehead atoms. The van der Waals surface area contributed by atoms with Crippen molar-refractivity contribution in [2.75, 3.05) is 13.7 Å². The van der Waals surface area contributed by atoms with Crippen molar-refractivity contribution < 1.29 is 23.6 Å². The molecule has 0 aromatic heterocycles. The van der Waals surface area contributed by atoms with Crippen LogP contribution in [0.25, 0.3) is 0 Å². The average molecular weight is 319 g/mol. The molecular weight excluding hydrogens is 305 g/mol. The Labute approximate surface area is 131 Å². The summed E-state index contributed by atoms with van der Waals surface area (Å²) >= 11 is 0. The number of carbonyl (C=O) groups is 1. The molecule has 2 aromatic carbocycles. The molecule has 0 aliphatic rings. The van der Waals surface area contributed by atoms with Crippen LogP contribution in [-0.2, 0) is 0 Å². The molecule has 0 amide bonds. The molecule has 0 spiro atoms. The molecule has 0 atom stereocenters. The van der Waals surface area contributed by atoms with Gasteiger partial charge in [0.2, 0.25) is 5.78 Å². The number of hydrogen-bond acceptors (Lipinski definition) is 5. The Kier molecular flexibility index (Phi) is 4.90. The highest BCUT2D eigenvalue weighted by atomic mass is 19.1. The minimum absolute atomic E-state index is 0.0320. The maximum absolute atomic E-state index is 13.3. The highest BCUT2D eigenvalue weighted by molar-refractivity contribution is 5.99. The molecule has 0 N–H and O–H groups in total. The van der Waals surface area contributed by atoms with Gasteiger partial charge in [0.05, 0.1) is 17.6 Å². The third-order valence-corrected chi connectivity index (χ3v) is 3.20. The second kappa shape index (κ2) is 6.87. The number of aryl methyl sites for hydroxylation is 1. The van der Waals surface area contributed by atoms with Gasteiger partial charge in [-0.2, -0.15) is 0 Å². The zero-order valence-corrected chi connectivity index (χ0v) is 12.5. The van der Waals surface area contributed by atoms with Crippen LogP contribution in [0.4, 0.5) is 10.1 Å².